The lowest BCUT2D eigenvalue weighted by Crippen LogP contribution is -2.50. The first kappa shape index (κ1) is 20.2. The van der Waals surface area contributed by atoms with Gasteiger partial charge >= 0.3 is 5.97 Å². The van der Waals surface area contributed by atoms with Gasteiger partial charge in [0.1, 0.15) is 11.7 Å². The monoisotopic (exact) mass is 424 g/mol. The predicted molar refractivity (Wildman–Crippen MR) is 117 cm³/mol. The fourth-order valence-electron chi connectivity index (χ4n) is 9.13. The molecule has 1 N–H and O–H groups in total. The molecule has 31 heavy (non-hydrogen) atoms. The zero-order valence-corrected chi connectivity index (χ0v) is 19.0. The molecule has 1 aromatic rings. The Morgan fingerprint density at radius 3 is 2.65 bits per heavy atom. The van der Waals surface area contributed by atoms with Crippen LogP contribution in [-0.2, 0) is 9.47 Å². The van der Waals surface area contributed by atoms with E-state index in [1.807, 2.05) is 30.3 Å². The average Bonchev–Trinajstić information content (AvgIpc) is 3.27. The molecule has 1 heterocycles. The Morgan fingerprint density at radius 2 is 1.87 bits per heavy atom. The van der Waals surface area contributed by atoms with E-state index in [9.17, 15) is 9.90 Å². The van der Waals surface area contributed by atoms with E-state index in [0.29, 0.717) is 29.4 Å². The summed E-state index contributed by atoms with van der Waals surface area (Å²) in [6.07, 6.45) is 7.74. The minimum atomic E-state index is -0.202. The summed E-state index contributed by atoms with van der Waals surface area (Å²) >= 11 is 0. The molecule has 6 rings (SSSR count). The molecule has 0 bridgehead atoms. The van der Waals surface area contributed by atoms with E-state index in [-0.39, 0.29) is 34.6 Å². The zero-order chi connectivity index (χ0) is 21.6. The topological polar surface area (TPSA) is 59.1 Å². The molecule has 168 valence electrons. The summed E-state index contributed by atoms with van der Waals surface area (Å²) in [7, 11) is 0. The Morgan fingerprint density at radius 1 is 1.10 bits per heavy atom. The molecule has 0 unspecified atom stereocenters. The molecule has 10 atom stereocenters. The lowest BCUT2D eigenvalue weighted by molar-refractivity contribution is -0.104. The third-order valence-electron chi connectivity index (χ3n) is 10.7. The maximum atomic E-state index is 12.7. The number of benzene rings is 1. The minimum Gasteiger partial charge on any atom is -0.459 e. The van der Waals surface area contributed by atoms with Crippen molar-refractivity contribution in [2.75, 3.05) is 0 Å². The van der Waals surface area contributed by atoms with Gasteiger partial charge in [-0.15, -0.1) is 0 Å². The van der Waals surface area contributed by atoms with Gasteiger partial charge in [0, 0.05) is 17.8 Å². The van der Waals surface area contributed by atoms with Crippen LogP contribution in [0.4, 0.5) is 0 Å². The molecule has 5 fully saturated rings. The SMILES string of the molecule is C[C@@H](OC(=O)c1ccccc1)[C@H]1CC[C@H]2[C@@H]3[C@H]4O[C@]45C[C@@H](O)CC[C@]5(C)[C@H]3CC[C@]12C. The van der Waals surface area contributed by atoms with Gasteiger partial charge in [-0.2, -0.15) is 0 Å². The van der Waals surface area contributed by atoms with Gasteiger partial charge in [-0.25, -0.2) is 4.79 Å². The maximum absolute atomic E-state index is 12.7. The number of aliphatic hydroxyl groups excluding tert-OH is 1. The van der Waals surface area contributed by atoms with Crippen molar-refractivity contribution in [3.63, 3.8) is 0 Å². The third kappa shape index (κ3) is 2.58. The number of carbonyl (C=O) groups excluding carboxylic acids is 1. The Bertz CT molecular complexity index is 884. The normalized spacial score (nSPS) is 50.6. The van der Waals surface area contributed by atoms with Gasteiger partial charge in [-0.3, -0.25) is 0 Å². The highest BCUT2D eigenvalue weighted by Gasteiger charge is 2.81. The number of aliphatic hydroxyl groups is 1. The van der Waals surface area contributed by atoms with E-state index >= 15 is 0 Å². The van der Waals surface area contributed by atoms with Crippen LogP contribution in [0.5, 0.6) is 0 Å². The minimum absolute atomic E-state index is 0.0608. The van der Waals surface area contributed by atoms with Gasteiger partial charge in [0.2, 0.25) is 0 Å². The number of hydrogen-bond acceptors (Lipinski definition) is 4. The Balaban J connectivity index is 1.23. The first-order valence-corrected chi connectivity index (χ1v) is 12.4. The van der Waals surface area contributed by atoms with E-state index < -0.39 is 0 Å². The maximum Gasteiger partial charge on any atom is 0.338 e. The predicted octanol–water partition coefficient (Wildman–Crippen LogP) is 4.99. The number of carbonyl (C=O) groups is 1. The van der Waals surface area contributed by atoms with E-state index in [2.05, 4.69) is 20.8 Å². The van der Waals surface area contributed by atoms with Crippen LogP contribution in [-0.4, -0.2) is 35.0 Å². The molecule has 1 aromatic carbocycles. The molecule has 1 saturated heterocycles. The van der Waals surface area contributed by atoms with Crippen LogP contribution in [0.15, 0.2) is 30.3 Å². The van der Waals surface area contributed by atoms with Crippen LogP contribution in [0.3, 0.4) is 0 Å². The van der Waals surface area contributed by atoms with Gasteiger partial charge in [0.05, 0.1) is 17.8 Å². The quantitative estimate of drug-likeness (QED) is 0.548. The molecule has 4 aliphatic carbocycles. The lowest BCUT2D eigenvalue weighted by atomic mass is 9.53. The van der Waals surface area contributed by atoms with Crippen LogP contribution in [0.1, 0.15) is 76.1 Å². The molecule has 4 nitrogen and oxygen atoms in total. The van der Waals surface area contributed by atoms with E-state index in [1.54, 1.807) is 0 Å². The highest BCUT2D eigenvalue weighted by atomic mass is 16.6. The molecular formula is C27H36O4. The molecule has 1 spiro atoms. The fraction of sp³-hybridized carbons (Fsp3) is 0.741. The number of epoxide rings is 1. The second-order valence-corrected chi connectivity index (χ2v) is 11.7. The van der Waals surface area contributed by atoms with Gasteiger partial charge in [-0.05, 0) is 80.8 Å². The first-order chi connectivity index (χ1) is 14.8. The number of esters is 1. The van der Waals surface area contributed by atoms with Gasteiger partial charge in [-0.1, -0.05) is 32.0 Å². The summed E-state index contributed by atoms with van der Waals surface area (Å²) in [6, 6.07) is 9.36. The van der Waals surface area contributed by atoms with Crippen molar-refractivity contribution in [2.45, 2.75) is 89.6 Å². The summed E-state index contributed by atoms with van der Waals surface area (Å²) in [4.78, 5) is 12.7. The molecular weight excluding hydrogens is 388 g/mol. The van der Waals surface area contributed by atoms with Crippen molar-refractivity contribution in [2.24, 2.45) is 34.5 Å². The molecule has 4 saturated carbocycles. The number of ether oxygens (including phenoxy) is 2. The Hall–Kier alpha value is -1.39. The molecule has 0 aromatic heterocycles. The highest BCUT2D eigenvalue weighted by Crippen LogP contribution is 2.78. The van der Waals surface area contributed by atoms with E-state index in [4.69, 9.17) is 9.47 Å². The number of fused-ring (bicyclic) bond motifs is 5. The van der Waals surface area contributed by atoms with Crippen LogP contribution >= 0.6 is 0 Å². The fourth-order valence-corrected chi connectivity index (χ4v) is 9.13. The third-order valence-corrected chi connectivity index (χ3v) is 10.7. The molecule has 0 amide bonds. The van der Waals surface area contributed by atoms with Crippen LogP contribution in [0.2, 0.25) is 0 Å². The largest absolute Gasteiger partial charge is 0.459 e. The van der Waals surface area contributed by atoms with Crippen LogP contribution in [0, 0.1) is 34.5 Å². The van der Waals surface area contributed by atoms with Crippen LogP contribution in [0.25, 0.3) is 0 Å². The molecule has 1 aliphatic heterocycles. The van der Waals surface area contributed by atoms with Crippen molar-refractivity contribution in [1.82, 2.24) is 0 Å². The van der Waals surface area contributed by atoms with Gasteiger partial charge in [0.25, 0.3) is 0 Å². The van der Waals surface area contributed by atoms with Crippen molar-refractivity contribution in [1.29, 1.82) is 0 Å². The summed E-state index contributed by atoms with van der Waals surface area (Å²) in [5.41, 5.74) is 1.01. The van der Waals surface area contributed by atoms with Crippen molar-refractivity contribution < 1.29 is 19.4 Å². The molecule has 5 aliphatic rings. The summed E-state index contributed by atoms with van der Waals surface area (Å²) in [5.74, 6) is 2.17. The van der Waals surface area contributed by atoms with E-state index in [1.165, 1.54) is 19.3 Å². The second-order valence-electron chi connectivity index (χ2n) is 11.7. The van der Waals surface area contributed by atoms with E-state index in [0.717, 1.165) is 31.6 Å². The zero-order valence-electron chi connectivity index (χ0n) is 19.0. The smallest absolute Gasteiger partial charge is 0.338 e. The van der Waals surface area contributed by atoms with Crippen LogP contribution < -0.4 is 0 Å². The summed E-state index contributed by atoms with van der Waals surface area (Å²) in [6.45, 7) is 7.03. The van der Waals surface area contributed by atoms with Gasteiger partial charge < -0.3 is 14.6 Å². The first-order valence-electron chi connectivity index (χ1n) is 12.4. The summed E-state index contributed by atoms with van der Waals surface area (Å²) in [5, 5.41) is 10.4. The number of rotatable bonds is 3. The van der Waals surface area contributed by atoms with Gasteiger partial charge in [0.15, 0.2) is 0 Å². The average molecular weight is 425 g/mol. The standard InChI is InChI=1S/C27H36O4/c1-16(30-24(29)17-7-5-4-6-8-17)19-9-10-20-22-21(12-13-25(19,20)2)26(3)14-11-18(28)15-27(26)23(22)31-27/h4-8,16,18-23,28H,9-15H2,1-3H3/t16-,18+,19-,20+,21+,22+,23-,25-,26-,27-/m1/s1. The number of hydrogen-bond donors (Lipinski definition) is 1. The summed E-state index contributed by atoms with van der Waals surface area (Å²) < 4.78 is 12.5. The highest BCUT2D eigenvalue weighted by molar-refractivity contribution is 5.89. The lowest BCUT2D eigenvalue weighted by Gasteiger charge is -2.53. The molecule has 4 heteroatoms. The Labute approximate surface area is 185 Å². The second kappa shape index (κ2) is 6.57. The van der Waals surface area contributed by atoms with Crippen molar-refractivity contribution in [3.8, 4) is 0 Å². The Kier molecular flexibility index (Phi) is 4.29. The van der Waals surface area contributed by atoms with Crippen molar-refractivity contribution >= 4 is 5.97 Å². The van der Waals surface area contributed by atoms with Crippen molar-refractivity contribution in [3.05, 3.63) is 35.9 Å². The molecule has 0 radical (unpaired) electrons.